The Morgan fingerprint density at radius 3 is 2.44 bits per heavy atom. The van der Waals surface area contributed by atoms with E-state index in [9.17, 15) is 18.0 Å². The number of rotatable bonds is 8. The van der Waals surface area contributed by atoms with Crippen LogP contribution in [0.1, 0.15) is 36.8 Å². The van der Waals surface area contributed by atoms with Crippen LogP contribution in [0, 0.1) is 0 Å². The summed E-state index contributed by atoms with van der Waals surface area (Å²) in [6.45, 7) is 0.752. The van der Waals surface area contributed by atoms with Gasteiger partial charge in [0.1, 0.15) is 17.8 Å². The molecule has 0 unspecified atom stereocenters. The van der Waals surface area contributed by atoms with Gasteiger partial charge in [0, 0.05) is 12.6 Å². The topological polar surface area (TPSA) is 114 Å². The maximum Gasteiger partial charge on any atom is 0.324 e. The second-order valence-electron chi connectivity index (χ2n) is 9.09. The number of nitrogens with one attached hydrogen (secondary N) is 2. The first-order chi connectivity index (χ1) is 16.3. The predicted octanol–water partition coefficient (Wildman–Crippen LogP) is 2.26. The quantitative estimate of drug-likeness (QED) is 0.555. The van der Waals surface area contributed by atoms with E-state index < -0.39 is 21.6 Å². The summed E-state index contributed by atoms with van der Waals surface area (Å²) in [6.07, 6.45) is 4.39. The van der Waals surface area contributed by atoms with Gasteiger partial charge in [0.05, 0.1) is 24.2 Å². The van der Waals surface area contributed by atoms with E-state index in [1.54, 1.807) is 24.3 Å². The van der Waals surface area contributed by atoms with E-state index in [0.29, 0.717) is 12.3 Å². The third-order valence-electron chi connectivity index (χ3n) is 6.50. The summed E-state index contributed by atoms with van der Waals surface area (Å²) in [7, 11) is -3.83. The van der Waals surface area contributed by atoms with Gasteiger partial charge in [0.2, 0.25) is 15.9 Å². The molecule has 0 atom stereocenters. The molecule has 5 rings (SSSR count). The van der Waals surface area contributed by atoms with Crippen molar-refractivity contribution in [1.29, 1.82) is 0 Å². The number of hydrogen-bond donors (Lipinski definition) is 2. The van der Waals surface area contributed by atoms with Crippen LogP contribution in [0.15, 0.2) is 53.4 Å². The number of nitrogens with zero attached hydrogens (tertiary/aromatic N) is 1. The molecule has 0 radical (unpaired) electrons. The molecule has 0 spiro atoms. The fourth-order valence-corrected chi connectivity index (χ4v) is 5.98. The van der Waals surface area contributed by atoms with Gasteiger partial charge in [-0.2, -0.15) is 4.72 Å². The van der Waals surface area contributed by atoms with E-state index in [1.807, 2.05) is 24.3 Å². The molecule has 1 aliphatic carbocycles. The molecule has 1 saturated carbocycles. The Balaban J connectivity index is 1.30. The molecule has 34 heavy (non-hydrogen) atoms. The summed E-state index contributed by atoms with van der Waals surface area (Å²) in [5, 5.41) is 2.25. The van der Waals surface area contributed by atoms with Crippen LogP contribution < -0.4 is 14.8 Å². The minimum Gasteiger partial charge on any atom is -0.490 e. The summed E-state index contributed by atoms with van der Waals surface area (Å²) in [6, 6.07) is 13.5. The molecule has 2 aromatic carbocycles. The number of ether oxygens (including phenoxy) is 2. The van der Waals surface area contributed by atoms with Crippen molar-refractivity contribution in [3.05, 3.63) is 59.7 Å². The Morgan fingerprint density at radius 2 is 1.82 bits per heavy atom. The average molecular weight is 486 g/mol. The summed E-state index contributed by atoms with van der Waals surface area (Å²) >= 11 is 0. The molecule has 2 aromatic rings. The Bertz CT molecular complexity index is 1190. The fraction of sp³-hybridized carbons (Fsp3) is 0.417. The van der Waals surface area contributed by atoms with E-state index in [-0.39, 0.29) is 36.7 Å². The van der Waals surface area contributed by atoms with Gasteiger partial charge >= 0.3 is 6.03 Å². The summed E-state index contributed by atoms with van der Waals surface area (Å²) in [4.78, 5) is 24.7. The third kappa shape index (κ3) is 4.66. The third-order valence-corrected chi connectivity index (χ3v) is 8.03. The number of carbonyl (C=O) groups is 2. The highest BCUT2D eigenvalue weighted by Crippen LogP contribution is 2.33. The van der Waals surface area contributed by atoms with Crippen LogP contribution in [0.25, 0.3) is 0 Å². The smallest absolute Gasteiger partial charge is 0.324 e. The van der Waals surface area contributed by atoms with Crippen molar-refractivity contribution in [2.75, 3.05) is 19.8 Å². The standard InChI is InChI=1S/C24H27N3O6S/c28-22-14-27(23(29)25-22)13-17-8-10-18(11-9-17)24(15-32-16-24)26-34(30,31)21-7-3-6-20(12-21)33-19-4-1-2-5-19/h3,6-12,19,26H,1-2,4-5,13-16H2,(H,25,28,29). The number of imide groups is 1. The van der Waals surface area contributed by atoms with Gasteiger partial charge in [-0.05, 0) is 48.9 Å². The van der Waals surface area contributed by atoms with E-state index in [1.165, 1.54) is 4.90 Å². The van der Waals surface area contributed by atoms with Crippen molar-refractivity contribution in [3.63, 3.8) is 0 Å². The van der Waals surface area contributed by atoms with Gasteiger partial charge in [-0.15, -0.1) is 0 Å². The Labute approximate surface area is 198 Å². The second kappa shape index (κ2) is 9.01. The van der Waals surface area contributed by atoms with E-state index in [0.717, 1.165) is 36.8 Å². The highest BCUT2D eigenvalue weighted by atomic mass is 32.2. The normalized spacial score (nSPS) is 20.3. The van der Waals surface area contributed by atoms with Gasteiger partial charge in [-0.25, -0.2) is 13.2 Å². The van der Waals surface area contributed by atoms with Gasteiger partial charge in [-0.1, -0.05) is 30.3 Å². The van der Waals surface area contributed by atoms with Gasteiger partial charge < -0.3 is 14.4 Å². The minimum atomic E-state index is -3.83. The SMILES string of the molecule is O=C1CN(Cc2ccc(C3(NS(=O)(=O)c4cccc(OC5CCCC5)c4)COC3)cc2)C(=O)N1. The summed E-state index contributed by atoms with van der Waals surface area (Å²) in [5.74, 6) is 0.238. The Kier molecular flexibility index (Phi) is 6.05. The number of carbonyl (C=O) groups excluding carboxylic acids is 2. The number of amides is 3. The lowest BCUT2D eigenvalue weighted by Crippen LogP contribution is -2.59. The largest absolute Gasteiger partial charge is 0.490 e. The number of sulfonamides is 1. The van der Waals surface area contributed by atoms with E-state index in [4.69, 9.17) is 9.47 Å². The molecule has 9 nitrogen and oxygen atoms in total. The van der Waals surface area contributed by atoms with Crippen LogP contribution in [-0.4, -0.2) is 51.1 Å². The van der Waals surface area contributed by atoms with Crippen molar-refractivity contribution in [2.45, 2.75) is 48.8 Å². The maximum atomic E-state index is 13.3. The predicted molar refractivity (Wildman–Crippen MR) is 123 cm³/mol. The molecule has 2 N–H and O–H groups in total. The van der Waals surface area contributed by atoms with E-state index >= 15 is 0 Å². The molecule has 0 aromatic heterocycles. The zero-order valence-electron chi connectivity index (χ0n) is 18.7. The van der Waals surface area contributed by atoms with Crippen LogP contribution in [0.4, 0.5) is 4.79 Å². The van der Waals surface area contributed by atoms with Crippen molar-refractivity contribution >= 4 is 22.0 Å². The Morgan fingerprint density at radius 1 is 1.09 bits per heavy atom. The highest BCUT2D eigenvalue weighted by Gasteiger charge is 2.44. The average Bonchev–Trinajstić information content (AvgIpc) is 3.40. The zero-order valence-corrected chi connectivity index (χ0v) is 19.5. The molecule has 180 valence electrons. The zero-order chi connectivity index (χ0) is 23.8. The molecule has 3 amide bonds. The first kappa shape index (κ1) is 22.8. The van der Waals surface area contributed by atoms with Crippen LogP contribution in [0.2, 0.25) is 0 Å². The fourth-order valence-electron chi connectivity index (χ4n) is 4.58. The molecule has 3 fully saturated rings. The second-order valence-corrected chi connectivity index (χ2v) is 10.8. The molecule has 3 aliphatic rings. The molecular weight excluding hydrogens is 458 g/mol. The van der Waals surface area contributed by atoms with Crippen molar-refractivity contribution < 1.29 is 27.5 Å². The van der Waals surface area contributed by atoms with Gasteiger partial charge in [0.15, 0.2) is 0 Å². The molecule has 2 saturated heterocycles. The van der Waals surface area contributed by atoms with Gasteiger partial charge in [0.25, 0.3) is 0 Å². The van der Waals surface area contributed by atoms with Gasteiger partial charge in [-0.3, -0.25) is 10.1 Å². The van der Waals surface area contributed by atoms with Crippen LogP contribution >= 0.6 is 0 Å². The molecule has 0 bridgehead atoms. The molecule has 10 heteroatoms. The van der Waals surface area contributed by atoms with Crippen molar-refractivity contribution in [2.24, 2.45) is 0 Å². The summed E-state index contributed by atoms with van der Waals surface area (Å²) < 4.78 is 40.7. The van der Waals surface area contributed by atoms with Crippen LogP contribution in [-0.2, 0) is 31.6 Å². The maximum absolute atomic E-state index is 13.3. The van der Waals surface area contributed by atoms with Crippen molar-refractivity contribution in [3.8, 4) is 5.75 Å². The van der Waals surface area contributed by atoms with E-state index in [2.05, 4.69) is 10.0 Å². The number of hydrogen-bond acceptors (Lipinski definition) is 6. The monoisotopic (exact) mass is 485 g/mol. The first-order valence-electron chi connectivity index (χ1n) is 11.4. The molecule has 2 heterocycles. The highest BCUT2D eigenvalue weighted by molar-refractivity contribution is 7.89. The van der Waals surface area contributed by atoms with Crippen molar-refractivity contribution in [1.82, 2.24) is 14.9 Å². The molecule has 2 aliphatic heterocycles. The lowest BCUT2D eigenvalue weighted by atomic mass is 9.89. The van der Waals surface area contributed by atoms with Crippen LogP contribution in [0.3, 0.4) is 0 Å². The Hall–Kier alpha value is -2.95. The lowest BCUT2D eigenvalue weighted by molar-refractivity contribution is -0.118. The number of benzene rings is 2. The number of urea groups is 1. The minimum absolute atomic E-state index is 0.0295. The first-order valence-corrected chi connectivity index (χ1v) is 12.9. The molecular formula is C24H27N3O6S. The summed E-state index contributed by atoms with van der Waals surface area (Å²) in [5.41, 5.74) is 0.732. The van der Waals surface area contributed by atoms with Crippen LogP contribution in [0.5, 0.6) is 5.75 Å². The lowest BCUT2D eigenvalue weighted by Gasteiger charge is -2.42.